The minimum absolute atomic E-state index is 0.361. The Morgan fingerprint density at radius 3 is 2.67 bits per heavy atom. The molecule has 0 aromatic rings. The molecule has 1 N–H and O–H groups in total. The third-order valence-corrected chi connectivity index (χ3v) is 3.52. The molecule has 0 spiro atoms. The smallest absolute Gasteiger partial charge is 0.0847 e. The molecule has 70 valence electrons. The molecule has 1 saturated heterocycles. The Balaban J connectivity index is 1.75. The van der Waals surface area contributed by atoms with Gasteiger partial charge in [0.2, 0.25) is 0 Å². The highest BCUT2D eigenvalue weighted by Gasteiger charge is 2.54. The van der Waals surface area contributed by atoms with E-state index in [1.54, 1.807) is 0 Å². The predicted molar refractivity (Wildman–Crippen MR) is 46.9 cm³/mol. The molecule has 1 heterocycles. The number of rotatable bonds is 4. The SMILES string of the molecule is CCC1OC1CC1(C)CC1CO. The van der Waals surface area contributed by atoms with Crippen LogP contribution >= 0.6 is 0 Å². The van der Waals surface area contributed by atoms with Crippen molar-refractivity contribution in [2.45, 2.75) is 45.3 Å². The number of hydrogen-bond donors (Lipinski definition) is 1. The van der Waals surface area contributed by atoms with Gasteiger partial charge in [-0.3, -0.25) is 0 Å². The molecule has 1 saturated carbocycles. The quantitative estimate of drug-likeness (QED) is 0.650. The van der Waals surface area contributed by atoms with Crippen molar-refractivity contribution in [3.8, 4) is 0 Å². The zero-order valence-corrected chi connectivity index (χ0v) is 7.92. The Kier molecular flexibility index (Phi) is 1.92. The Bertz CT molecular complexity index is 181. The van der Waals surface area contributed by atoms with Crippen LogP contribution in [0.1, 0.15) is 33.1 Å². The van der Waals surface area contributed by atoms with Crippen molar-refractivity contribution in [3.63, 3.8) is 0 Å². The second kappa shape index (κ2) is 2.71. The average Bonchev–Trinajstić information content (AvgIpc) is 2.90. The molecule has 0 radical (unpaired) electrons. The van der Waals surface area contributed by atoms with Gasteiger partial charge in [0.15, 0.2) is 0 Å². The lowest BCUT2D eigenvalue weighted by Crippen LogP contribution is -2.06. The minimum atomic E-state index is 0.361. The largest absolute Gasteiger partial charge is 0.396 e. The summed E-state index contributed by atoms with van der Waals surface area (Å²) >= 11 is 0. The topological polar surface area (TPSA) is 32.8 Å². The van der Waals surface area contributed by atoms with Crippen molar-refractivity contribution in [2.75, 3.05) is 6.61 Å². The fourth-order valence-corrected chi connectivity index (χ4v) is 2.22. The highest BCUT2D eigenvalue weighted by molar-refractivity contribution is 5.03. The summed E-state index contributed by atoms with van der Waals surface area (Å²) in [6.45, 7) is 4.80. The van der Waals surface area contributed by atoms with E-state index in [1.807, 2.05) is 0 Å². The highest BCUT2D eigenvalue weighted by atomic mass is 16.6. The molecule has 1 aliphatic carbocycles. The maximum absolute atomic E-state index is 8.96. The predicted octanol–water partition coefficient (Wildman–Crippen LogP) is 1.57. The lowest BCUT2D eigenvalue weighted by atomic mass is 9.98. The molecule has 2 aliphatic rings. The van der Waals surface area contributed by atoms with E-state index in [9.17, 15) is 0 Å². The number of epoxide rings is 1. The second-order valence-corrected chi connectivity index (χ2v) is 4.56. The Morgan fingerprint density at radius 1 is 1.50 bits per heavy atom. The van der Waals surface area contributed by atoms with Gasteiger partial charge < -0.3 is 9.84 Å². The summed E-state index contributed by atoms with van der Waals surface area (Å²) in [7, 11) is 0. The minimum Gasteiger partial charge on any atom is -0.396 e. The van der Waals surface area contributed by atoms with Crippen LogP contribution in [0.25, 0.3) is 0 Å². The summed E-state index contributed by atoms with van der Waals surface area (Å²) in [6.07, 6.45) is 4.54. The summed E-state index contributed by atoms with van der Waals surface area (Å²) < 4.78 is 5.49. The first-order valence-electron chi connectivity index (χ1n) is 4.96. The first kappa shape index (κ1) is 8.52. The monoisotopic (exact) mass is 170 g/mol. The van der Waals surface area contributed by atoms with E-state index in [-0.39, 0.29) is 0 Å². The van der Waals surface area contributed by atoms with Crippen LogP contribution in [0.5, 0.6) is 0 Å². The molecule has 2 heteroatoms. The van der Waals surface area contributed by atoms with Crippen molar-refractivity contribution in [2.24, 2.45) is 11.3 Å². The normalized spacial score (nSPS) is 50.8. The van der Waals surface area contributed by atoms with E-state index in [0.29, 0.717) is 30.1 Å². The number of hydrogen-bond acceptors (Lipinski definition) is 2. The standard InChI is InChI=1S/C10H18O2/c1-3-8-9(12-8)5-10(2)4-7(10)6-11/h7-9,11H,3-6H2,1-2H3. The molecule has 0 aromatic heterocycles. The van der Waals surface area contributed by atoms with Crippen molar-refractivity contribution in [1.82, 2.24) is 0 Å². The van der Waals surface area contributed by atoms with Crippen LogP contribution in [-0.4, -0.2) is 23.9 Å². The van der Waals surface area contributed by atoms with Crippen molar-refractivity contribution < 1.29 is 9.84 Å². The first-order chi connectivity index (χ1) is 5.69. The number of aliphatic hydroxyl groups excluding tert-OH is 1. The molecule has 2 fully saturated rings. The van der Waals surface area contributed by atoms with Gasteiger partial charge in [-0.25, -0.2) is 0 Å². The van der Waals surface area contributed by atoms with Gasteiger partial charge in [0.25, 0.3) is 0 Å². The van der Waals surface area contributed by atoms with Gasteiger partial charge in [-0.1, -0.05) is 13.8 Å². The fraction of sp³-hybridized carbons (Fsp3) is 1.00. The van der Waals surface area contributed by atoms with Crippen LogP contribution in [0.4, 0.5) is 0 Å². The summed E-state index contributed by atoms with van der Waals surface area (Å²) in [6, 6.07) is 0. The highest BCUT2D eigenvalue weighted by Crippen LogP contribution is 2.57. The summed E-state index contributed by atoms with van der Waals surface area (Å²) in [5.74, 6) is 0.555. The van der Waals surface area contributed by atoms with E-state index in [1.165, 1.54) is 6.42 Å². The van der Waals surface area contributed by atoms with Crippen LogP contribution in [0.2, 0.25) is 0 Å². The van der Waals surface area contributed by atoms with Crippen molar-refractivity contribution in [1.29, 1.82) is 0 Å². The lowest BCUT2D eigenvalue weighted by Gasteiger charge is -2.06. The van der Waals surface area contributed by atoms with Gasteiger partial charge in [-0.2, -0.15) is 0 Å². The number of ether oxygens (including phenoxy) is 1. The summed E-state index contributed by atoms with van der Waals surface area (Å²) in [4.78, 5) is 0. The lowest BCUT2D eigenvalue weighted by molar-refractivity contribution is 0.242. The van der Waals surface area contributed by atoms with Crippen LogP contribution in [0, 0.1) is 11.3 Å². The molecular weight excluding hydrogens is 152 g/mol. The Labute approximate surface area is 73.9 Å². The summed E-state index contributed by atoms with van der Waals surface area (Å²) in [5.41, 5.74) is 0.406. The van der Waals surface area contributed by atoms with Gasteiger partial charge in [0.1, 0.15) is 0 Å². The van der Waals surface area contributed by atoms with E-state index in [4.69, 9.17) is 9.84 Å². The van der Waals surface area contributed by atoms with E-state index in [2.05, 4.69) is 13.8 Å². The molecule has 12 heavy (non-hydrogen) atoms. The van der Waals surface area contributed by atoms with E-state index >= 15 is 0 Å². The molecule has 2 rings (SSSR count). The third kappa shape index (κ3) is 1.38. The van der Waals surface area contributed by atoms with Gasteiger partial charge in [-0.15, -0.1) is 0 Å². The molecule has 0 bridgehead atoms. The second-order valence-electron chi connectivity index (χ2n) is 4.56. The van der Waals surface area contributed by atoms with Gasteiger partial charge >= 0.3 is 0 Å². The van der Waals surface area contributed by atoms with Crippen LogP contribution in [0.3, 0.4) is 0 Å². The molecule has 4 atom stereocenters. The molecular formula is C10H18O2. The van der Waals surface area contributed by atoms with E-state index < -0.39 is 0 Å². The molecule has 0 amide bonds. The van der Waals surface area contributed by atoms with Crippen LogP contribution in [0.15, 0.2) is 0 Å². The molecule has 4 unspecified atom stereocenters. The summed E-state index contributed by atoms with van der Waals surface area (Å²) in [5, 5.41) is 8.96. The maximum atomic E-state index is 8.96. The average molecular weight is 170 g/mol. The fourth-order valence-electron chi connectivity index (χ4n) is 2.22. The Hall–Kier alpha value is -0.0800. The van der Waals surface area contributed by atoms with Crippen LogP contribution in [-0.2, 0) is 4.74 Å². The zero-order chi connectivity index (χ0) is 8.77. The van der Waals surface area contributed by atoms with Gasteiger partial charge in [0.05, 0.1) is 12.2 Å². The molecule has 1 aliphatic heterocycles. The molecule has 0 aromatic carbocycles. The number of aliphatic hydroxyl groups is 1. The van der Waals surface area contributed by atoms with Crippen molar-refractivity contribution in [3.05, 3.63) is 0 Å². The van der Waals surface area contributed by atoms with Crippen LogP contribution < -0.4 is 0 Å². The van der Waals surface area contributed by atoms with E-state index in [0.717, 1.165) is 12.8 Å². The Morgan fingerprint density at radius 2 is 2.25 bits per heavy atom. The van der Waals surface area contributed by atoms with Crippen molar-refractivity contribution >= 4 is 0 Å². The van der Waals surface area contributed by atoms with Gasteiger partial charge in [0, 0.05) is 6.61 Å². The molecule has 2 nitrogen and oxygen atoms in total. The zero-order valence-electron chi connectivity index (χ0n) is 7.92. The maximum Gasteiger partial charge on any atom is 0.0847 e. The first-order valence-corrected chi connectivity index (χ1v) is 4.96. The third-order valence-electron chi connectivity index (χ3n) is 3.52. The van der Waals surface area contributed by atoms with Gasteiger partial charge in [-0.05, 0) is 30.6 Å².